The van der Waals surface area contributed by atoms with Crippen LogP contribution in [-0.2, 0) is 28.4 Å². The van der Waals surface area contributed by atoms with Crippen LogP contribution in [0.25, 0.3) is 0 Å². The Balaban J connectivity index is 0.924. The molecule has 374 valence electrons. The first kappa shape index (κ1) is 50.4. The molecule has 0 spiro atoms. The fourth-order valence-corrected chi connectivity index (χ4v) is 15.0. The van der Waals surface area contributed by atoms with Crippen LogP contribution < -0.4 is 0 Å². The van der Waals surface area contributed by atoms with Crippen molar-refractivity contribution in [2.75, 3.05) is 26.4 Å². The molecule has 0 amide bonds. The number of rotatable bonds is 10. The third-order valence-electron chi connectivity index (χ3n) is 19.4. The van der Waals surface area contributed by atoms with Crippen molar-refractivity contribution in [2.45, 2.75) is 211 Å². The van der Waals surface area contributed by atoms with E-state index in [2.05, 4.69) is 54.5 Å². The van der Waals surface area contributed by atoms with E-state index in [-0.39, 0.29) is 51.1 Å². The first-order chi connectivity index (χ1) is 30.4. The van der Waals surface area contributed by atoms with Crippen LogP contribution in [0, 0.1) is 50.2 Å². The molecule has 11 N–H and O–H groups in total. The lowest BCUT2D eigenvalue weighted by Crippen LogP contribution is -2.66. The van der Waals surface area contributed by atoms with Gasteiger partial charge in [-0.2, -0.15) is 0 Å². The molecule has 0 aromatic heterocycles. The largest absolute Gasteiger partial charge is 0.396 e. The van der Waals surface area contributed by atoms with E-state index in [1.807, 2.05) is 0 Å². The molecule has 17 heteroatoms. The van der Waals surface area contributed by atoms with E-state index in [1.165, 1.54) is 0 Å². The van der Waals surface area contributed by atoms with Gasteiger partial charge in [0.15, 0.2) is 18.9 Å². The van der Waals surface area contributed by atoms with E-state index < -0.39 is 112 Å². The van der Waals surface area contributed by atoms with Gasteiger partial charge in [0.1, 0.15) is 73.2 Å². The summed E-state index contributed by atoms with van der Waals surface area (Å²) in [4.78, 5) is 0. The molecule has 5 aliphatic carbocycles. The number of ether oxygens (including phenoxy) is 6. The van der Waals surface area contributed by atoms with Gasteiger partial charge in [0.2, 0.25) is 0 Å². The summed E-state index contributed by atoms with van der Waals surface area (Å²) in [7, 11) is 0. The highest BCUT2D eigenvalue weighted by atomic mass is 16.7. The van der Waals surface area contributed by atoms with E-state index in [0.717, 1.165) is 57.8 Å². The molecule has 0 aromatic rings. The number of fused-ring (bicyclic) bond motifs is 7. The summed E-state index contributed by atoms with van der Waals surface area (Å²) in [6.07, 6.45) is -11.3. The Labute approximate surface area is 383 Å². The minimum Gasteiger partial charge on any atom is -0.396 e. The third kappa shape index (κ3) is 8.23. The lowest BCUT2D eigenvalue weighted by molar-refractivity contribution is -0.350. The average Bonchev–Trinajstić information content (AvgIpc) is 3.26. The zero-order valence-corrected chi connectivity index (χ0v) is 39.3. The van der Waals surface area contributed by atoms with Gasteiger partial charge < -0.3 is 84.6 Å². The second kappa shape index (κ2) is 18.0. The van der Waals surface area contributed by atoms with Gasteiger partial charge in [-0.15, -0.1) is 0 Å². The summed E-state index contributed by atoms with van der Waals surface area (Å²) in [5.74, 6) is 1.11. The fourth-order valence-electron chi connectivity index (χ4n) is 15.0. The standard InChI is InChI=1S/C48H80O17/c1-43(2)14-16-48(22-50)17-15-46(6)23(24(48)18-43)8-9-29-45(5)12-11-30(44(3,4)28(45)10-13-47(29,46)7)65-42-39(59)36(56)33(53)27(64-42)21-61-41-38(58)35(55)32(52)26(63-41)20-60-40-37(57)34(54)31(51)25(19-49)62-40/h8,24-42,49-59H,9-22H2,1-7H3. The molecular weight excluding hydrogens is 849 g/mol. The molecule has 23 unspecified atom stereocenters. The van der Waals surface area contributed by atoms with Gasteiger partial charge in [0, 0.05) is 12.0 Å². The van der Waals surface area contributed by atoms with Crippen LogP contribution in [0.3, 0.4) is 0 Å². The maximum atomic E-state index is 11.3. The normalized spacial score (nSPS) is 54.1. The Morgan fingerprint density at radius 1 is 0.569 bits per heavy atom. The predicted octanol–water partition coefficient (Wildman–Crippen LogP) is 0.614. The Kier molecular flexibility index (Phi) is 14.0. The minimum atomic E-state index is -1.80. The molecule has 23 atom stereocenters. The van der Waals surface area contributed by atoms with Crippen molar-refractivity contribution in [3.63, 3.8) is 0 Å². The van der Waals surface area contributed by atoms with Gasteiger partial charge in [0.05, 0.1) is 25.9 Å². The molecule has 17 nitrogen and oxygen atoms in total. The van der Waals surface area contributed by atoms with Gasteiger partial charge in [-0.05, 0) is 109 Å². The zero-order valence-electron chi connectivity index (χ0n) is 39.3. The predicted molar refractivity (Wildman–Crippen MR) is 230 cm³/mol. The van der Waals surface area contributed by atoms with E-state index in [0.29, 0.717) is 18.3 Å². The number of aliphatic hydroxyl groups excluding tert-OH is 11. The summed E-state index contributed by atoms with van der Waals surface area (Å²) in [6, 6.07) is 0. The van der Waals surface area contributed by atoms with E-state index in [1.54, 1.807) is 5.57 Å². The average molecular weight is 929 g/mol. The Morgan fingerprint density at radius 2 is 1.09 bits per heavy atom. The molecule has 8 rings (SSSR count). The summed E-state index contributed by atoms with van der Waals surface area (Å²) in [5.41, 5.74) is 1.55. The second-order valence-corrected chi connectivity index (χ2v) is 23.6. The van der Waals surface area contributed by atoms with Gasteiger partial charge in [-0.25, -0.2) is 0 Å². The monoisotopic (exact) mass is 929 g/mol. The number of aliphatic hydroxyl groups is 11. The topological polar surface area (TPSA) is 278 Å². The Morgan fingerprint density at radius 3 is 1.66 bits per heavy atom. The van der Waals surface area contributed by atoms with Crippen molar-refractivity contribution in [3.8, 4) is 0 Å². The SMILES string of the molecule is CC1(C)CCC2(CO)CCC3(C)C(=CCC4C5(C)CCC(OC6OC(COC7OC(COC8OC(CO)C(O)C(O)C8O)C(O)C(O)C7O)C(O)C(O)C6O)C(C)(C)C5CCC43C)C2C1. The van der Waals surface area contributed by atoms with Crippen molar-refractivity contribution in [1.82, 2.24) is 0 Å². The van der Waals surface area contributed by atoms with E-state index >= 15 is 0 Å². The third-order valence-corrected chi connectivity index (χ3v) is 19.4. The minimum absolute atomic E-state index is 0.00637. The molecule has 7 fully saturated rings. The van der Waals surface area contributed by atoms with Crippen molar-refractivity contribution < 1.29 is 84.6 Å². The van der Waals surface area contributed by atoms with Crippen LogP contribution in [-0.4, -0.2) is 181 Å². The van der Waals surface area contributed by atoms with Crippen molar-refractivity contribution >= 4 is 0 Å². The molecular formula is C48H80O17. The maximum absolute atomic E-state index is 11.3. The van der Waals surface area contributed by atoms with Crippen LogP contribution in [0.4, 0.5) is 0 Å². The smallest absolute Gasteiger partial charge is 0.186 e. The first-order valence-electron chi connectivity index (χ1n) is 24.3. The zero-order chi connectivity index (χ0) is 47.4. The number of allylic oxidation sites excluding steroid dienone is 2. The first-order valence-corrected chi connectivity index (χ1v) is 24.3. The molecule has 4 saturated carbocycles. The highest BCUT2D eigenvalue weighted by Crippen LogP contribution is 2.76. The van der Waals surface area contributed by atoms with Gasteiger partial charge in [0.25, 0.3) is 0 Å². The van der Waals surface area contributed by atoms with Crippen molar-refractivity contribution in [2.24, 2.45) is 50.2 Å². The Hall–Kier alpha value is -0.940. The van der Waals surface area contributed by atoms with Crippen LogP contribution in [0.5, 0.6) is 0 Å². The van der Waals surface area contributed by atoms with E-state index in [9.17, 15) is 56.2 Å². The summed E-state index contributed by atoms with van der Waals surface area (Å²) in [5, 5.41) is 117. The van der Waals surface area contributed by atoms with Crippen LogP contribution in [0.1, 0.15) is 113 Å². The molecule has 0 bridgehead atoms. The van der Waals surface area contributed by atoms with Gasteiger partial charge >= 0.3 is 0 Å². The fraction of sp³-hybridized carbons (Fsp3) is 0.958. The van der Waals surface area contributed by atoms with Crippen LogP contribution in [0.2, 0.25) is 0 Å². The van der Waals surface area contributed by atoms with Crippen LogP contribution >= 0.6 is 0 Å². The molecule has 0 radical (unpaired) electrons. The molecule has 3 aliphatic heterocycles. The lowest BCUT2D eigenvalue weighted by Gasteiger charge is -2.71. The molecule has 8 aliphatic rings. The highest BCUT2D eigenvalue weighted by Gasteiger charge is 2.69. The van der Waals surface area contributed by atoms with Crippen LogP contribution in [0.15, 0.2) is 11.6 Å². The maximum Gasteiger partial charge on any atom is 0.186 e. The molecule has 0 aromatic carbocycles. The summed E-state index contributed by atoms with van der Waals surface area (Å²) in [6.45, 7) is 15.3. The van der Waals surface area contributed by atoms with Crippen molar-refractivity contribution in [3.05, 3.63) is 11.6 Å². The summed E-state index contributed by atoms with van der Waals surface area (Å²) >= 11 is 0. The van der Waals surface area contributed by atoms with Crippen molar-refractivity contribution in [1.29, 1.82) is 0 Å². The van der Waals surface area contributed by atoms with E-state index in [4.69, 9.17) is 28.4 Å². The molecule has 3 saturated heterocycles. The highest BCUT2D eigenvalue weighted by molar-refractivity contribution is 5.34. The number of hydrogen-bond donors (Lipinski definition) is 11. The molecule has 65 heavy (non-hydrogen) atoms. The summed E-state index contributed by atoms with van der Waals surface area (Å²) < 4.78 is 35.2. The lowest BCUT2D eigenvalue weighted by atomic mass is 9.33. The quantitative estimate of drug-likeness (QED) is 0.106. The number of hydrogen-bond acceptors (Lipinski definition) is 17. The molecule has 3 heterocycles. The second-order valence-electron chi connectivity index (χ2n) is 23.6. The van der Waals surface area contributed by atoms with Gasteiger partial charge in [-0.3, -0.25) is 0 Å². The Bertz CT molecular complexity index is 1710. The van der Waals surface area contributed by atoms with Gasteiger partial charge in [-0.1, -0.05) is 60.1 Å².